The van der Waals surface area contributed by atoms with Gasteiger partial charge in [-0.25, -0.2) is 0 Å². The van der Waals surface area contributed by atoms with E-state index in [1.54, 1.807) is 17.4 Å². The van der Waals surface area contributed by atoms with Gasteiger partial charge >= 0.3 is 6.18 Å². The van der Waals surface area contributed by atoms with Gasteiger partial charge in [0.2, 0.25) is 0 Å². The molecule has 92 valence electrons. The van der Waals surface area contributed by atoms with Crippen LogP contribution in [0.2, 0.25) is 0 Å². The first-order chi connectivity index (χ1) is 8.00. The summed E-state index contributed by atoms with van der Waals surface area (Å²) in [6.07, 6.45) is -4.24. The van der Waals surface area contributed by atoms with Crippen LogP contribution in [0.3, 0.4) is 0 Å². The standard InChI is InChI=1S/C12H12F3NS/c1-16-11(12(13,14)15)7-8-2-3-9-4-5-17-10(9)6-8/h2-6,11,16H,7H2,1H3. The van der Waals surface area contributed by atoms with E-state index in [2.05, 4.69) is 5.32 Å². The highest BCUT2D eigenvalue weighted by atomic mass is 32.1. The summed E-state index contributed by atoms with van der Waals surface area (Å²) in [5.74, 6) is 0. The summed E-state index contributed by atoms with van der Waals surface area (Å²) in [6, 6.07) is 5.93. The zero-order valence-electron chi connectivity index (χ0n) is 9.21. The first-order valence-electron chi connectivity index (χ1n) is 5.21. The molecule has 5 heteroatoms. The number of nitrogens with one attached hydrogen (secondary N) is 1. The van der Waals surface area contributed by atoms with Gasteiger partial charge in [0.15, 0.2) is 0 Å². The Morgan fingerprint density at radius 3 is 2.71 bits per heavy atom. The molecule has 0 amide bonds. The average Bonchev–Trinajstić information content (AvgIpc) is 2.71. The molecular formula is C12H12F3NS. The minimum atomic E-state index is -4.21. The molecule has 2 rings (SSSR count). The second-order valence-corrected chi connectivity index (χ2v) is 4.83. The van der Waals surface area contributed by atoms with Gasteiger partial charge in [0.1, 0.15) is 6.04 Å². The summed E-state index contributed by atoms with van der Waals surface area (Å²) in [5.41, 5.74) is 0.705. The molecule has 0 bridgehead atoms. The Kier molecular flexibility index (Phi) is 3.40. The van der Waals surface area contributed by atoms with E-state index in [1.165, 1.54) is 7.05 Å². The van der Waals surface area contributed by atoms with Crippen LogP contribution in [-0.2, 0) is 6.42 Å². The molecular weight excluding hydrogens is 247 g/mol. The van der Waals surface area contributed by atoms with E-state index in [0.717, 1.165) is 10.1 Å². The van der Waals surface area contributed by atoms with Crippen molar-refractivity contribution < 1.29 is 13.2 Å². The van der Waals surface area contributed by atoms with Crippen LogP contribution >= 0.6 is 11.3 Å². The van der Waals surface area contributed by atoms with Crippen molar-refractivity contribution in [3.8, 4) is 0 Å². The third-order valence-corrected chi connectivity index (χ3v) is 3.58. The predicted octanol–water partition coefficient (Wildman–Crippen LogP) is 3.59. The smallest absolute Gasteiger partial charge is 0.309 e. The molecule has 1 nitrogen and oxygen atoms in total. The van der Waals surface area contributed by atoms with E-state index >= 15 is 0 Å². The number of fused-ring (bicyclic) bond motifs is 1. The van der Waals surface area contributed by atoms with Crippen LogP contribution in [0, 0.1) is 0 Å². The van der Waals surface area contributed by atoms with Gasteiger partial charge in [-0.05, 0) is 41.9 Å². The Balaban J connectivity index is 2.22. The summed E-state index contributed by atoms with van der Waals surface area (Å²) in [5, 5.41) is 5.32. The second-order valence-electron chi connectivity index (χ2n) is 3.88. The third-order valence-electron chi connectivity index (χ3n) is 2.70. The molecule has 17 heavy (non-hydrogen) atoms. The number of benzene rings is 1. The monoisotopic (exact) mass is 259 g/mol. The van der Waals surface area contributed by atoms with E-state index in [1.807, 2.05) is 23.6 Å². The van der Waals surface area contributed by atoms with Crippen LogP contribution in [0.15, 0.2) is 29.6 Å². The van der Waals surface area contributed by atoms with Gasteiger partial charge in [0.25, 0.3) is 0 Å². The Morgan fingerprint density at radius 2 is 2.06 bits per heavy atom. The number of hydrogen-bond donors (Lipinski definition) is 1. The largest absolute Gasteiger partial charge is 0.404 e. The number of likely N-dealkylation sites (N-methyl/N-ethyl adjacent to an activating group) is 1. The number of thiophene rings is 1. The van der Waals surface area contributed by atoms with E-state index in [4.69, 9.17) is 0 Å². The lowest BCUT2D eigenvalue weighted by atomic mass is 10.0. The molecule has 0 aliphatic heterocycles. The van der Waals surface area contributed by atoms with Crippen LogP contribution in [0.25, 0.3) is 10.1 Å². The number of hydrogen-bond acceptors (Lipinski definition) is 2. The molecule has 1 unspecified atom stereocenters. The Bertz CT molecular complexity index is 504. The molecule has 1 N–H and O–H groups in total. The number of rotatable bonds is 3. The van der Waals surface area contributed by atoms with E-state index in [-0.39, 0.29) is 6.42 Å². The molecule has 0 saturated heterocycles. The Hall–Kier alpha value is -1.07. The van der Waals surface area contributed by atoms with Gasteiger partial charge in [-0.3, -0.25) is 0 Å². The van der Waals surface area contributed by atoms with Crippen molar-refractivity contribution in [1.82, 2.24) is 5.32 Å². The van der Waals surface area contributed by atoms with Gasteiger partial charge in [-0.1, -0.05) is 12.1 Å². The molecule has 0 aliphatic rings. The summed E-state index contributed by atoms with van der Waals surface area (Å²) < 4.78 is 38.8. The van der Waals surface area contributed by atoms with Crippen LogP contribution in [0.1, 0.15) is 5.56 Å². The second kappa shape index (κ2) is 4.66. The summed E-state index contributed by atoms with van der Waals surface area (Å²) in [4.78, 5) is 0. The first-order valence-corrected chi connectivity index (χ1v) is 6.09. The van der Waals surface area contributed by atoms with Crippen molar-refractivity contribution in [1.29, 1.82) is 0 Å². The van der Waals surface area contributed by atoms with E-state index in [9.17, 15) is 13.2 Å². The molecule has 0 aliphatic carbocycles. The maximum Gasteiger partial charge on any atom is 0.404 e. The quantitative estimate of drug-likeness (QED) is 0.888. The zero-order valence-corrected chi connectivity index (χ0v) is 10.0. The molecule has 1 aromatic carbocycles. The molecule has 0 spiro atoms. The van der Waals surface area contributed by atoms with E-state index in [0.29, 0.717) is 5.56 Å². The van der Waals surface area contributed by atoms with Crippen LogP contribution in [0.4, 0.5) is 13.2 Å². The van der Waals surface area contributed by atoms with Crippen LogP contribution in [0.5, 0.6) is 0 Å². The fraction of sp³-hybridized carbons (Fsp3) is 0.333. The normalized spacial score (nSPS) is 14.1. The highest BCUT2D eigenvalue weighted by Crippen LogP contribution is 2.26. The summed E-state index contributed by atoms with van der Waals surface area (Å²) in [7, 11) is 1.34. The number of alkyl halides is 3. The van der Waals surface area contributed by atoms with Crippen molar-refractivity contribution in [2.24, 2.45) is 0 Å². The molecule has 0 fully saturated rings. The summed E-state index contributed by atoms with van der Waals surface area (Å²) in [6.45, 7) is 0. The maximum atomic E-state index is 12.6. The third kappa shape index (κ3) is 2.79. The maximum absolute atomic E-state index is 12.6. The minimum absolute atomic E-state index is 0.0339. The predicted molar refractivity (Wildman–Crippen MR) is 64.4 cm³/mol. The van der Waals surface area contributed by atoms with Crippen molar-refractivity contribution in [2.45, 2.75) is 18.6 Å². The SMILES string of the molecule is CNC(Cc1ccc2ccsc2c1)C(F)(F)F. The highest BCUT2D eigenvalue weighted by molar-refractivity contribution is 7.17. The van der Waals surface area contributed by atoms with Crippen molar-refractivity contribution >= 4 is 21.4 Å². The molecule has 0 radical (unpaired) electrons. The van der Waals surface area contributed by atoms with Gasteiger partial charge in [0.05, 0.1) is 0 Å². The average molecular weight is 259 g/mol. The Morgan fingerprint density at radius 1 is 1.29 bits per heavy atom. The van der Waals surface area contributed by atoms with Gasteiger partial charge in [-0.15, -0.1) is 11.3 Å². The fourth-order valence-corrected chi connectivity index (χ4v) is 2.60. The fourth-order valence-electron chi connectivity index (χ4n) is 1.74. The highest BCUT2D eigenvalue weighted by Gasteiger charge is 2.38. The van der Waals surface area contributed by atoms with Gasteiger partial charge in [-0.2, -0.15) is 13.2 Å². The van der Waals surface area contributed by atoms with Crippen LogP contribution < -0.4 is 5.32 Å². The molecule has 2 aromatic rings. The lowest BCUT2D eigenvalue weighted by molar-refractivity contribution is -0.154. The van der Waals surface area contributed by atoms with E-state index < -0.39 is 12.2 Å². The number of halogens is 3. The topological polar surface area (TPSA) is 12.0 Å². The molecule has 1 atom stereocenters. The lowest BCUT2D eigenvalue weighted by Crippen LogP contribution is -2.41. The van der Waals surface area contributed by atoms with Gasteiger partial charge < -0.3 is 5.32 Å². The van der Waals surface area contributed by atoms with Gasteiger partial charge in [0, 0.05) is 4.70 Å². The van der Waals surface area contributed by atoms with Crippen LogP contribution in [-0.4, -0.2) is 19.3 Å². The zero-order chi connectivity index (χ0) is 12.5. The summed E-state index contributed by atoms with van der Waals surface area (Å²) >= 11 is 1.54. The Labute approximate surface area is 101 Å². The minimum Gasteiger partial charge on any atom is -0.309 e. The first kappa shape index (κ1) is 12.4. The molecule has 1 heterocycles. The van der Waals surface area contributed by atoms with Crippen molar-refractivity contribution in [3.63, 3.8) is 0 Å². The lowest BCUT2D eigenvalue weighted by Gasteiger charge is -2.19. The molecule has 1 aromatic heterocycles. The van der Waals surface area contributed by atoms with Crippen molar-refractivity contribution in [2.75, 3.05) is 7.05 Å². The molecule has 0 saturated carbocycles. The van der Waals surface area contributed by atoms with Crippen molar-refractivity contribution in [3.05, 3.63) is 35.2 Å².